The van der Waals surface area contributed by atoms with Crippen LogP contribution in [0.4, 0.5) is 0 Å². The Morgan fingerprint density at radius 2 is 1.30 bits per heavy atom. The van der Waals surface area contributed by atoms with Crippen LogP contribution in [0.3, 0.4) is 0 Å². The van der Waals surface area contributed by atoms with Crippen LogP contribution in [-0.2, 0) is 6.61 Å². The Morgan fingerprint density at radius 3 is 1.88 bits per heavy atom. The quantitative estimate of drug-likeness (QED) is 0.418. The Kier molecular flexibility index (Phi) is 5.15. The van der Waals surface area contributed by atoms with Gasteiger partial charge in [-0.1, -0.05) is 54.6 Å². The van der Waals surface area contributed by atoms with Gasteiger partial charge >= 0.3 is 0 Å². The van der Waals surface area contributed by atoms with Gasteiger partial charge in [-0.05, 0) is 53.1 Å². The summed E-state index contributed by atoms with van der Waals surface area (Å²) in [5, 5.41) is 20.7. The van der Waals surface area contributed by atoms with E-state index in [1.165, 1.54) is 12.1 Å². The van der Waals surface area contributed by atoms with Crippen LogP contribution >= 0.6 is 0 Å². The van der Waals surface area contributed by atoms with Crippen LogP contribution in [-0.4, -0.2) is 21.8 Å². The van der Waals surface area contributed by atoms with Crippen LogP contribution in [0, 0.1) is 0 Å². The summed E-state index contributed by atoms with van der Waals surface area (Å²) in [5.41, 5.74) is 2.42. The molecule has 0 saturated carbocycles. The normalized spacial score (nSPS) is 12.7. The van der Waals surface area contributed by atoms with Crippen molar-refractivity contribution in [1.82, 2.24) is 0 Å². The van der Waals surface area contributed by atoms with Crippen molar-refractivity contribution in [2.45, 2.75) is 12.5 Å². The summed E-state index contributed by atoms with van der Waals surface area (Å²) in [6.45, 7) is 0.415. The SMILES string of the molecule is O=C1c2c(O)cccc2C(C(=O)c2ccc(OCc3ccccc3)cc2)c2cccc(O)c21. The number of hydrogen-bond acceptors (Lipinski definition) is 5. The minimum atomic E-state index is -0.831. The number of hydrogen-bond donors (Lipinski definition) is 2. The predicted octanol–water partition coefficient (Wildman–Crippen LogP) is 5.24. The number of rotatable bonds is 5. The number of Topliss-reactive ketones (excluding diaryl/α,β-unsaturated/α-hetero) is 1. The zero-order valence-electron chi connectivity index (χ0n) is 17.6. The summed E-state index contributed by atoms with van der Waals surface area (Å²) in [5.74, 6) is -1.36. The lowest BCUT2D eigenvalue weighted by molar-refractivity contribution is 0.0967. The van der Waals surface area contributed by atoms with Gasteiger partial charge < -0.3 is 14.9 Å². The molecule has 0 unspecified atom stereocenters. The van der Waals surface area contributed by atoms with Gasteiger partial charge in [0.2, 0.25) is 5.78 Å². The lowest BCUT2D eigenvalue weighted by Crippen LogP contribution is -2.25. The van der Waals surface area contributed by atoms with Crippen molar-refractivity contribution in [2.24, 2.45) is 0 Å². The minimum absolute atomic E-state index is 0.0488. The Hall–Kier alpha value is -4.38. The first-order valence-corrected chi connectivity index (χ1v) is 10.5. The van der Waals surface area contributed by atoms with Crippen LogP contribution in [0.5, 0.6) is 17.2 Å². The summed E-state index contributed by atoms with van der Waals surface area (Å²) in [7, 11) is 0. The van der Waals surface area contributed by atoms with E-state index < -0.39 is 11.7 Å². The molecule has 0 bridgehead atoms. The van der Waals surface area contributed by atoms with Crippen molar-refractivity contribution in [3.8, 4) is 17.2 Å². The van der Waals surface area contributed by atoms with Crippen molar-refractivity contribution >= 4 is 11.6 Å². The fourth-order valence-electron chi connectivity index (χ4n) is 4.29. The number of ether oxygens (including phenoxy) is 1. The van der Waals surface area contributed by atoms with E-state index in [4.69, 9.17) is 4.74 Å². The maximum atomic E-state index is 13.6. The first-order chi connectivity index (χ1) is 16.0. The Labute approximate surface area is 190 Å². The van der Waals surface area contributed by atoms with Crippen molar-refractivity contribution in [3.63, 3.8) is 0 Å². The van der Waals surface area contributed by atoms with E-state index in [1.54, 1.807) is 48.5 Å². The van der Waals surface area contributed by atoms with E-state index in [0.29, 0.717) is 29.0 Å². The van der Waals surface area contributed by atoms with Crippen LogP contribution in [0.15, 0.2) is 91.0 Å². The van der Waals surface area contributed by atoms with Gasteiger partial charge in [0.1, 0.15) is 23.9 Å². The maximum absolute atomic E-state index is 13.6. The Balaban J connectivity index is 1.49. The molecule has 0 atom stereocenters. The van der Waals surface area contributed by atoms with Gasteiger partial charge in [0.25, 0.3) is 0 Å². The zero-order valence-corrected chi connectivity index (χ0v) is 17.6. The van der Waals surface area contributed by atoms with Crippen LogP contribution < -0.4 is 4.74 Å². The first kappa shape index (κ1) is 20.5. The lowest BCUT2D eigenvalue weighted by Gasteiger charge is -2.27. The number of phenolic OH excluding ortho intramolecular Hbond substituents is 2. The molecule has 5 rings (SSSR count). The second kappa shape index (κ2) is 8.28. The summed E-state index contributed by atoms with van der Waals surface area (Å²) in [6, 6.07) is 26.0. The number of fused-ring (bicyclic) bond motifs is 2. The number of phenols is 2. The third-order valence-corrected chi connectivity index (χ3v) is 5.87. The highest BCUT2D eigenvalue weighted by Crippen LogP contribution is 2.44. The second-order valence-corrected chi connectivity index (χ2v) is 7.91. The van der Waals surface area contributed by atoms with Gasteiger partial charge in [-0.25, -0.2) is 0 Å². The molecule has 5 nitrogen and oxygen atoms in total. The zero-order chi connectivity index (χ0) is 22.9. The highest BCUT2D eigenvalue weighted by atomic mass is 16.5. The highest BCUT2D eigenvalue weighted by Gasteiger charge is 2.38. The number of aromatic hydroxyl groups is 2. The topological polar surface area (TPSA) is 83.8 Å². The molecule has 5 heteroatoms. The van der Waals surface area contributed by atoms with Gasteiger partial charge in [0.05, 0.1) is 17.0 Å². The van der Waals surface area contributed by atoms with E-state index in [-0.39, 0.29) is 28.4 Å². The van der Waals surface area contributed by atoms with Gasteiger partial charge in [0.15, 0.2) is 5.78 Å². The summed E-state index contributed by atoms with van der Waals surface area (Å²) in [6.07, 6.45) is 0. The summed E-state index contributed by atoms with van der Waals surface area (Å²) in [4.78, 5) is 26.7. The molecule has 0 aromatic heterocycles. The monoisotopic (exact) mass is 436 g/mol. The standard InChI is InChI=1S/C28H20O5/c29-22-10-4-8-20-24(21-9-5-11-23(30)26(21)28(32)25(20)22)27(31)18-12-14-19(15-13-18)33-16-17-6-2-1-3-7-17/h1-15,24,29-30H,16H2. The van der Waals surface area contributed by atoms with E-state index in [1.807, 2.05) is 30.3 Å². The van der Waals surface area contributed by atoms with E-state index in [0.717, 1.165) is 5.56 Å². The number of carbonyl (C=O) groups excluding carboxylic acids is 2. The van der Waals surface area contributed by atoms with Crippen molar-refractivity contribution in [2.75, 3.05) is 0 Å². The Morgan fingerprint density at radius 1 is 0.727 bits per heavy atom. The molecule has 162 valence electrons. The van der Waals surface area contributed by atoms with E-state index in [2.05, 4.69) is 0 Å². The number of benzene rings is 4. The fraction of sp³-hybridized carbons (Fsp3) is 0.0714. The van der Waals surface area contributed by atoms with Gasteiger partial charge in [-0.15, -0.1) is 0 Å². The molecule has 2 N–H and O–H groups in total. The average Bonchev–Trinajstić information content (AvgIpc) is 2.83. The molecule has 4 aromatic rings. The van der Waals surface area contributed by atoms with Crippen LogP contribution in [0.2, 0.25) is 0 Å². The van der Waals surface area contributed by atoms with E-state index in [9.17, 15) is 19.8 Å². The van der Waals surface area contributed by atoms with Crippen LogP contribution in [0.1, 0.15) is 48.9 Å². The van der Waals surface area contributed by atoms with Gasteiger partial charge in [-0.3, -0.25) is 9.59 Å². The lowest BCUT2D eigenvalue weighted by atomic mass is 9.73. The van der Waals surface area contributed by atoms with Gasteiger partial charge in [0, 0.05) is 5.56 Å². The Bertz CT molecular complexity index is 1300. The maximum Gasteiger partial charge on any atom is 0.201 e. The minimum Gasteiger partial charge on any atom is -0.507 e. The molecule has 0 saturated heterocycles. The third-order valence-electron chi connectivity index (χ3n) is 5.87. The van der Waals surface area contributed by atoms with Crippen molar-refractivity contribution < 1.29 is 24.5 Å². The van der Waals surface area contributed by atoms with Gasteiger partial charge in [-0.2, -0.15) is 0 Å². The smallest absolute Gasteiger partial charge is 0.201 e. The molecule has 0 aliphatic heterocycles. The molecule has 1 aliphatic rings. The molecule has 0 spiro atoms. The molecule has 4 aromatic carbocycles. The average molecular weight is 436 g/mol. The van der Waals surface area contributed by atoms with Crippen molar-refractivity contribution in [3.05, 3.63) is 124 Å². The molecule has 0 amide bonds. The molecular weight excluding hydrogens is 416 g/mol. The molecule has 1 aliphatic carbocycles. The van der Waals surface area contributed by atoms with E-state index >= 15 is 0 Å². The number of carbonyl (C=O) groups is 2. The van der Waals surface area contributed by atoms with Crippen molar-refractivity contribution in [1.29, 1.82) is 0 Å². The first-order valence-electron chi connectivity index (χ1n) is 10.5. The second-order valence-electron chi connectivity index (χ2n) is 7.91. The molecule has 0 heterocycles. The predicted molar refractivity (Wildman–Crippen MR) is 123 cm³/mol. The summed E-state index contributed by atoms with van der Waals surface area (Å²) >= 11 is 0. The fourth-order valence-corrected chi connectivity index (χ4v) is 4.29. The van der Waals surface area contributed by atoms with Crippen LogP contribution in [0.25, 0.3) is 0 Å². The molecule has 33 heavy (non-hydrogen) atoms. The summed E-state index contributed by atoms with van der Waals surface area (Å²) < 4.78 is 5.81. The molecule has 0 radical (unpaired) electrons. The number of ketones is 2. The molecular formula is C28H20O5. The highest BCUT2D eigenvalue weighted by molar-refractivity contribution is 6.19. The third kappa shape index (κ3) is 3.64. The molecule has 0 fully saturated rings. The largest absolute Gasteiger partial charge is 0.507 e.